The van der Waals surface area contributed by atoms with Crippen molar-refractivity contribution in [1.82, 2.24) is 10.6 Å². The Hall–Kier alpha value is -1.11. The van der Waals surface area contributed by atoms with E-state index in [-0.39, 0.29) is 30.3 Å². The van der Waals surface area contributed by atoms with Crippen LogP contribution in [0.15, 0.2) is 12.1 Å². The van der Waals surface area contributed by atoms with Gasteiger partial charge in [0.05, 0.1) is 11.4 Å². The first-order chi connectivity index (χ1) is 11.0. The van der Waals surface area contributed by atoms with Gasteiger partial charge in [-0.3, -0.25) is 9.59 Å². The second-order valence-electron chi connectivity index (χ2n) is 6.86. The minimum atomic E-state index is -0.0595. The smallest absolute Gasteiger partial charge is 0.261 e. The zero-order valence-corrected chi connectivity index (χ0v) is 15.6. The van der Waals surface area contributed by atoms with Gasteiger partial charge in [0.1, 0.15) is 0 Å². The van der Waals surface area contributed by atoms with Gasteiger partial charge in [0.15, 0.2) is 0 Å². The van der Waals surface area contributed by atoms with Crippen LogP contribution in [0.2, 0.25) is 0 Å². The highest BCUT2D eigenvalue weighted by atomic mass is 35.5. The molecule has 1 heterocycles. The van der Waals surface area contributed by atoms with Crippen molar-refractivity contribution in [2.75, 3.05) is 0 Å². The number of rotatable bonds is 4. The van der Waals surface area contributed by atoms with Gasteiger partial charge in [-0.1, -0.05) is 6.42 Å². The predicted octanol–water partition coefficient (Wildman–Crippen LogP) is 2.44. The molecule has 4 N–H and O–H groups in total. The summed E-state index contributed by atoms with van der Waals surface area (Å²) in [4.78, 5) is 25.2. The van der Waals surface area contributed by atoms with Crippen molar-refractivity contribution in [3.05, 3.63) is 21.9 Å². The summed E-state index contributed by atoms with van der Waals surface area (Å²) in [5.41, 5.74) is 6.15. The van der Waals surface area contributed by atoms with Crippen molar-refractivity contribution in [2.24, 2.45) is 17.6 Å². The highest BCUT2D eigenvalue weighted by molar-refractivity contribution is 7.14. The summed E-state index contributed by atoms with van der Waals surface area (Å²) in [6.07, 6.45) is 5.66. The number of hydrogen-bond donors (Lipinski definition) is 3. The quantitative estimate of drug-likeness (QED) is 0.760. The fourth-order valence-electron chi connectivity index (χ4n) is 4.05. The normalized spacial score (nSPS) is 28.6. The van der Waals surface area contributed by atoms with Gasteiger partial charge in [0.2, 0.25) is 5.91 Å². The Kier molecular flexibility index (Phi) is 6.66. The largest absolute Gasteiger partial charge is 0.351 e. The van der Waals surface area contributed by atoms with Gasteiger partial charge in [-0.05, 0) is 49.7 Å². The molecule has 0 radical (unpaired) electrons. The molecule has 2 aliphatic carbocycles. The zero-order valence-electron chi connectivity index (χ0n) is 13.9. The lowest BCUT2D eigenvalue weighted by Crippen LogP contribution is -2.53. The van der Waals surface area contributed by atoms with Crippen molar-refractivity contribution in [1.29, 1.82) is 0 Å². The van der Waals surface area contributed by atoms with Gasteiger partial charge in [-0.2, -0.15) is 0 Å². The van der Waals surface area contributed by atoms with E-state index in [0.717, 1.165) is 22.6 Å². The highest BCUT2D eigenvalue weighted by Gasteiger charge is 2.40. The van der Waals surface area contributed by atoms with E-state index in [4.69, 9.17) is 5.73 Å². The summed E-state index contributed by atoms with van der Waals surface area (Å²) in [5.74, 6) is 1.01. The number of hydrogen-bond acceptors (Lipinski definition) is 4. The van der Waals surface area contributed by atoms with E-state index >= 15 is 0 Å². The zero-order chi connectivity index (χ0) is 16.4. The van der Waals surface area contributed by atoms with Crippen LogP contribution in [0.4, 0.5) is 0 Å². The predicted molar refractivity (Wildman–Crippen MR) is 98.4 cm³/mol. The fourth-order valence-corrected chi connectivity index (χ4v) is 4.90. The third-order valence-corrected chi connectivity index (χ3v) is 6.16. The van der Waals surface area contributed by atoms with Gasteiger partial charge >= 0.3 is 0 Å². The van der Waals surface area contributed by atoms with Crippen molar-refractivity contribution >= 4 is 35.6 Å². The Morgan fingerprint density at radius 1 is 1.25 bits per heavy atom. The molecule has 7 heteroatoms. The topological polar surface area (TPSA) is 84.2 Å². The van der Waals surface area contributed by atoms with Crippen LogP contribution in [0, 0.1) is 11.8 Å². The number of fused-ring (bicyclic) bond motifs is 2. The molecule has 0 aliphatic heterocycles. The number of thiophene rings is 1. The third-order valence-electron chi connectivity index (χ3n) is 5.07. The molecule has 134 valence electrons. The maximum atomic E-state index is 12.6. The minimum Gasteiger partial charge on any atom is -0.351 e. The van der Waals surface area contributed by atoms with Crippen molar-refractivity contribution < 1.29 is 9.59 Å². The van der Waals surface area contributed by atoms with E-state index < -0.39 is 0 Å². The molecule has 2 bridgehead atoms. The average Bonchev–Trinajstić information content (AvgIpc) is 2.95. The first kappa shape index (κ1) is 19.2. The lowest BCUT2D eigenvalue weighted by molar-refractivity contribution is -0.119. The van der Waals surface area contributed by atoms with Crippen LogP contribution in [0.1, 0.15) is 53.6 Å². The van der Waals surface area contributed by atoms with E-state index in [1.807, 2.05) is 12.1 Å². The second-order valence-corrected chi connectivity index (χ2v) is 8.03. The van der Waals surface area contributed by atoms with Gasteiger partial charge in [-0.25, -0.2) is 0 Å². The Labute approximate surface area is 153 Å². The van der Waals surface area contributed by atoms with E-state index in [1.165, 1.54) is 37.5 Å². The van der Waals surface area contributed by atoms with Crippen molar-refractivity contribution in [3.8, 4) is 0 Å². The molecule has 2 fully saturated rings. The summed E-state index contributed by atoms with van der Waals surface area (Å²) in [6, 6.07) is 4.33. The molecule has 5 nitrogen and oxygen atoms in total. The van der Waals surface area contributed by atoms with E-state index in [9.17, 15) is 9.59 Å². The summed E-state index contributed by atoms with van der Waals surface area (Å²) >= 11 is 1.45. The first-order valence-electron chi connectivity index (χ1n) is 8.42. The maximum absolute atomic E-state index is 12.6. The van der Waals surface area contributed by atoms with E-state index in [2.05, 4.69) is 10.6 Å². The first-order valence-corrected chi connectivity index (χ1v) is 9.24. The number of halogens is 1. The SMILES string of the molecule is CC(=O)NCc1ccc(C(=O)NC2C3CCCC2CC(N)C3)s1.Cl. The van der Waals surface area contributed by atoms with Crippen LogP contribution in [0.25, 0.3) is 0 Å². The summed E-state index contributed by atoms with van der Waals surface area (Å²) in [5, 5.41) is 6.02. The molecule has 2 atom stereocenters. The molecule has 0 aromatic carbocycles. The molecule has 2 unspecified atom stereocenters. The lowest BCUT2D eigenvalue weighted by atomic mass is 9.67. The molecule has 1 aromatic heterocycles. The molecule has 3 rings (SSSR count). The third kappa shape index (κ3) is 4.49. The van der Waals surface area contributed by atoms with Crippen LogP contribution in [0.5, 0.6) is 0 Å². The molecule has 2 saturated carbocycles. The summed E-state index contributed by atoms with van der Waals surface area (Å²) in [7, 11) is 0. The molecular formula is C17H26ClN3O2S. The second kappa shape index (κ2) is 8.32. The molecule has 1 aromatic rings. The van der Waals surface area contributed by atoms with Gasteiger partial charge in [-0.15, -0.1) is 23.7 Å². The van der Waals surface area contributed by atoms with Crippen molar-refractivity contribution in [2.45, 2.75) is 57.7 Å². The van der Waals surface area contributed by atoms with Gasteiger partial charge in [0, 0.05) is 23.9 Å². The number of carbonyl (C=O) groups excluding carboxylic acids is 2. The van der Waals surface area contributed by atoms with Crippen LogP contribution in [-0.4, -0.2) is 23.9 Å². The number of nitrogens with one attached hydrogen (secondary N) is 2. The Morgan fingerprint density at radius 2 is 1.92 bits per heavy atom. The van der Waals surface area contributed by atoms with E-state index in [0.29, 0.717) is 24.4 Å². The molecule has 0 spiro atoms. The minimum absolute atomic E-state index is 0. The number of nitrogens with two attached hydrogens (primary N) is 1. The molecule has 2 aliphatic rings. The van der Waals surface area contributed by atoms with Crippen LogP contribution < -0.4 is 16.4 Å². The average molecular weight is 372 g/mol. The molecule has 0 saturated heterocycles. The summed E-state index contributed by atoms with van der Waals surface area (Å²) < 4.78 is 0. The fraction of sp³-hybridized carbons (Fsp3) is 0.647. The molecule has 24 heavy (non-hydrogen) atoms. The Morgan fingerprint density at radius 3 is 2.54 bits per heavy atom. The summed E-state index contributed by atoms with van der Waals surface area (Å²) in [6.45, 7) is 1.98. The van der Waals surface area contributed by atoms with E-state index in [1.54, 1.807) is 0 Å². The Balaban J connectivity index is 0.00000208. The van der Waals surface area contributed by atoms with Crippen LogP contribution >= 0.6 is 23.7 Å². The van der Waals surface area contributed by atoms with Gasteiger partial charge in [0.25, 0.3) is 5.91 Å². The monoisotopic (exact) mass is 371 g/mol. The molecule has 2 amide bonds. The lowest BCUT2D eigenvalue weighted by Gasteiger charge is -2.45. The van der Waals surface area contributed by atoms with Gasteiger partial charge < -0.3 is 16.4 Å². The maximum Gasteiger partial charge on any atom is 0.261 e. The van der Waals surface area contributed by atoms with Crippen molar-refractivity contribution in [3.63, 3.8) is 0 Å². The standard InChI is InChI=1S/C17H25N3O2S.ClH/c1-10(21)19-9-14-5-6-15(23-14)17(22)20-16-11-3-2-4-12(16)8-13(18)7-11;/h5-6,11-13,16H,2-4,7-9,18H2,1H3,(H,19,21)(H,20,22);1H. The molecular weight excluding hydrogens is 346 g/mol. The number of amides is 2. The number of carbonyl (C=O) groups is 2. The van der Waals surface area contributed by atoms with Crippen LogP contribution in [0.3, 0.4) is 0 Å². The van der Waals surface area contributed by atoms with Crippen LogP contribution in [-0.2, 0) is 11.3 Å². The Bertz CT molecular complexity index is 578. The highest BCUT2D eigenvalue weighted by Crippen LogP contribution is 2.39.